The quantitative estimate of drug-likeness (QED) is 0.484. The maximum Gasteiger partial charge on any atom is 0.303 e. The summed E-state index contributed by atoms with van der Waals surface area (Å²) >= 11 is 0. The highest BCUT2D eigenvalue weighted by Gasteiger charge is 2.73. The Morgan fingerprint density at radius 1 is 1.00 bits per heavy atom. The third kappa shape index (κ3) is 3.80. The maximum atomic E-state index is 13.1. The first-order valence-electron chi connectivity index (χ1n) is 14.1. The topological polar surface area (TPSA) is 123 Å². The van der Waals surface area contributed by atoms with Gasteiger partial charge in [0.25, 0.3) is 0 Å². The van der Waals surface area contributed by atoms with Crippen LogP contribution in [0.3, 0.4) is 0 Å². The average molecular weight is 523 g/mol. The number of ether oxygens (including phenoxy) is 3. The Hall–Kier alpha value is -1.06. The lowest BCUT2D eigenvalue weighted by Gasteiger charge is -2.68. The first-order chi connectivity index (χ1) is 17.0. The van der Waals surface area contributed by atoms with E-state index >= 15 is 0 Å². The number of Topliss-reactive ketones (excluding diaryl/α,β-unsaturated/α-hetero) is 1. The van der Waals surface area contributed by atoms with Crippen LogP contribution in [0.5, 0.6) is 0 Å². The van der Waals surface area contributed by atoms with Crippen molar-refractivity contribution >= 4 is 11.8 Å². The van der Waals surface area contributed by atoms with Gasteiger partial charge in [-0.25, -0.2) is 0 Å². The second-order valence-corrected chi connectivity index (χ2v) is 14.4. The summed E-state index contributed by atoms with van der Waals surface area (Å²) in [6.07, 6.45) is 2.87. The molecule has 0 radical (unpaired) electrons. The first-order valence-corrected chi connectivity index (χ1v) is 14.1. The Morgan fingerprint density at radius 2 is 1.65 bits per heavy atom. The van der Waals surface area contributed by atoms with Crippen molar-refractivity contribution in [3.05, 3.63) is 0 Å². The third-order valence-corrected chi connectivity index (χ3v) is 11.7. The molecule has 5 aliphatic rings. The Labute approximate surface area is 220 Å². The molecule has 0 unspecified atom stereocenters. The van der Waals surface area contributed by atoms with Gasteiger partial charge in [0.05, 0.1) is 24.9 Å². The van der Waals surface area contributed by atoms with E-state index in [1.54, 1.807) is 0 Å². The van der Waals surface area contributed by atoms with Gasteiger partial charge in [-0.05, 0) is 55.8 Å². The number of carbonyl (C=O) groups excluding carboxylic acids is 2. The molecule has 1 spiro atoms. The van der Waals surface area contributed by atoms with Gasteiger partial charge in [-0.3, -0.25) is 9.59 Å². The number of rotatable bonds is 3. The zero-order chi connectivity index (χ0) is 27.2. The first kappa shape index (κ1) is 27.5. The minimum absolute atomic E-state index is 0.0230. The van der Waals surface area contributed by atoms with Gasteiger partial charge < -0.3 is 29.5 Å². The van der Waals surface area contributed by atoms with Crippen molar-refractivity contribution < 1.29 is 39.1 Å². The minimum atomic E-state index is -1.65. The molecule has 1 saturated heterocycles. The van der Waals surface area contributed by atoms with Crippen molar-refractivity contribution in [2.45, 2.75) is 110 Å². The summed E-state index contributed by atoms with van der Waals surface area (Å²) in [5.74, 6) is -1.98. The molecule has 8 heteroatoms. The summed E-state index contributed by atoms with van der Waals surface area (Å²) in [5, 5.41) is 35.9. The summed E-state index contributed by atoms with van der Waals surface area (Å²) in [6, 6.07) is 0. The predicted molar refractivity (Wildman–Crippen MR) is 134 cm³/mol. The van der Waals surface area contributed by atoms with Crippen LogP contribution in [-0.4, -0.2) is 70.0 Å². The second-order valence-electron chi connectivity index (χ2n) is 14.4. The Balaban J connectivity index is 1.44. The summed E-state index contributed by atoms with van der Waals surface area (Å²) in [4.78, 5) is 24.5. The van der Waals surface area contributed by atoms with E-state index in [0.717, 1.165) is 0 Å². The van der Waals surface area contributed by atoms with Crippen LogP contribution in [0.15, 0.2) is 0 Å². The fourth-order valence-corrected chi connectivity index (χ4v) is 9.48. The van der Waals surface area contributed by atoms with Crippen molar-refractivity contribution in [2.24, 2.45) is 39.9 Å². The standard InChI is InChI=1S/C29H46O8/c1-17-11-19-20-7-8-28(33,22(32)13-35-18(2)30)26(20,6)12-21(31)23(19)25(5)9-10-27(14-29(17,25)34)36-15-24(3,4)16-37-27/h17,19-21,23,31,33-34H,7-16H2,1-6H3/t17-,19+,20+,21+,23-,25-,26+,28-,29+/m1/s1. The summed E-state index contributed by atoms with van der Waals surface area (Å²) in [5.41, 5.74) is -4.15. The Morgan fingerprint density at radius 3 is 2.27 bits per heavy atom. The molecule has 210 valence electrons. The third-order valence-electron chi connectivity index (χ3n) is 11.7. The molecule has 5 fully saturated rings. The average Bonchev–Trinajstić information content (AvgIpc) is 3.07. The van der Waals surface area contributed by atoms with Crippen LogP contribution in [0.25, 0.3) is 0 Å². The molecule has 1 aliphatic heterocycles. The Kier molecular flexibility index (Phi) is 6.30. The summed E-state index contributed by atoms with van der Waals surface area (Å²) in [6.45, 7) is 12.3. The lowest BCUT2D eigenvalue weighted by Crippen LogP contribution is -2.72. The molecule has 37 heavy (non-hydrogen) atoms. The van der Waals surface area contributed by atoms with Gasteiger partial charge in [0.2, 0.25) is 5.78 Å². The van der Waals surface area contributed by atoms with Crippen LogP contribution in [-0.2, 0) is 23.8 Å². The molecule has 3 N–H and O–H groups in total. The monoisotopic (exact) mass is 522 g/mol. The molecule has 0 aromatic carbocycles. The molecular formula is C29H46O8. The SMILES string of the molecule is CC(=O)OCC(=O)[C@]1(O)CC[C@H]2[C@@H]3C[C@@H](C)[C@@]4(O)CC5(CC[C@]4(C)[C@H]3[C@@H](O)C[C@@]21C)OCC(C)(C)CO5. The van der Waals surface area contributed by atoms with Crippen LogP contribution in [0.2, 0.25) is 0 Å². The summed E-state index contributed by atoms with van der Waals surface area (Å²) < 4.78 is 17.6. The highest BCUT2D eigenvalue weighted by molar-refractivity contribution is 5.91. The van der Waals surface area contributed by atoms with Crippen molar-refractivity contribution in [2.75, 3.05) is 19.8 Å². The van der Waals surface area contributed by atoms with Gasteiger partial charge in [0, 0.05) is 36.0 Å². The van der Waals surface area contributed by atoms with E-state index < -0.39 is 52.3 Å². The van der Waals surface area contributed by atoms with E-state index in [4.69, 9.17) is 14.2 Å². The number of hydrogen-bond donors (Lipinski definition) is 3. The number of esters is 1. The second kappa shape index (κ2) is 8.47. The fraction of sp³-hybridized carbons (Fsp3) is 0.931. The van der Waals surface area contributed by atoms with Gasteiger partial charge >= 0.3 is 5.97 Å². The number of hydrogen-bond acceptors (Lipinski definition) is 8. The van der Waals surface area contributed by atoms with Gasteiger partial charge in [0.15, 0.2) is 12.4 Å². The molecule has 0 aromatic heterocycles. The maximum absolute atomic E-state index is 13.1. The molecule has 4 saturated carbocycles. The lowest BCUT2D eigenvalue weighted by molar-refractivity contribution is -0.365. The van der Waals surface area contributed by atoms with Crippen molar-refractivity contribution in [1.29, 1.82) is 0 Å². The van der Waals surface area contributed by atoms with Gasteiger partial charge in [-0.2, -0.15) is 0 Å². The van der Waals surface area contributed by atoms with Crippen LogP contribution in [0.1, 0.15) is 86.5 Å². The highest BCUT2D eigenvalue weighted by atomic mass is 16.7. The minimum Gasteiger partial charge on any atom is -0.458 e. The lowest BCUT2D eigenvalue weighted by atomic mass is 9.40. The molecule has 9 atom stereocenters. The number of fused-ring (bicyclic) bond motifs is 5. The van der Waals surface area contributed by atoms with Gasteiger partial charge in [-0.15, -0.1) is 0 Å². The van der Waals surface area contributed by atoms with E-state index in [0.29, 0.717) is 51.7 Å². The normalized spacial score (nSPS) is 50.0. The van der Waals surface area contributed by atoms with Gasteiger partial charge in [0.1, 0.15) is 5.60 Å². The molecular weight excluding hydrogens is 476 g/mol. The Bertz CT molecular complexity index is 954. The van der Waals surface area contributed by atoms with E-state index in [1.807, 2.05) is 6.92 Å². The van der Waals surface area contributed by atoms with E-state index in [1.165, 1.54) is 6.92 Å². The smallest absolute Gasteiger partial charge is 0.303 e. The number of carbonyl (C=O) groups is 2. The number of aliphatic hydroxyl groups excluding tert-OH is 1. The predicted octanol–water partition coefficient (Wildman–Crippen LogP) is 2.99. The molecule has 8 nitrogen and oxygen atoms in total. The molecule has 1 heterocycles. The largest absolute Gasteiger partial charge is 0.458 e. The van der Waals surface area contributed by atoms with Crippen LogP contribution in [0, 0.1) is 39.9 Å². The molecule has 0 bridgehead atoms. The zero-order valence-corrected chi connectivity index (χ0v) is 23.3. The summed E-state index contributed by atoms with van der Waals surface area (Å²) in [7, 11) is 0. The van der Waals surface area contributed by atoms with E-state index in [9.17, 15) is 24.9 Å². The highest BCUT2D eigenvalue weighted by Crippen LogP contribution is 2.71. The van der Waals surface area contributed by atoms with Crippen LogP contribution < -0.4 is 0 Å². The van der Waals surface area contributed by atoms with E-state index in [-0.39, 0.29) is 35.5 Å². The van der Waals surface area contributed by atoms with E-state index in [2.05, 4.69) is 27.7 Å². The molecule has 0 aromatic rings. The number of aliphatic hydroxyl groups is 3. The van der Waals surface area contributed by atoms with Crippen molar-refractivity contribution in [1.82, 2.24) is 0 Å². The van der Waals surface area contributed by atoms with Crippen LogP contribution >= 0.6 is 0 Å². The zero-order valence-electron chi connectivity index (χ0n) is 23.3. The van der Waals surface area contributed by atoms with Crippen LogP contribution in [0.4, 0.5) is 0 Å². The van der Waals surface area contributed by atoms with Crippen molar-refractivity contribution in [3.8, 4) is 0 Å². The number of ketones is 1. The molecule has 4 aliphatic carbocycles. The molecule has 0 amide bonds. The van der Waals surface area contributed by atoms with Crippen molar-refractivity contribution in [3.63, 3.8) is 0 Å². The fourth-order valence-electron chi connectivity index (χ4n) is 9.48. The molecule has 5 rings (SSSR count). The van der Waals surface area contributed by atoms with Gasteiger partial charge in [-0.1, -0.05) is 34.6 Å².